The SMILES string of the molecule is COC(=O)C(N)CC1CC2(CC2)NC1=O. The van der Waals surface area contributed by atoms with Gasteiger partial charge in [0.2, 0.25) is 5.91 Å². The lowest BCUT2D eigenvalue weighted by Crippen LogP contribution is -2.35. The summed E-state index contributed by atoms with van der Waals surface area (Å²) in [5, 5.41) is 2.97. The van der Waals surface area contributed by atoms with Gasteiger partial charge in [0.05, 0.1) is 7.11 Å². The van der Waals surface area contributed by atoms with Crippen LogP contribution in [0.15, 0.2) is 0 Å². The molecule has 2 fully saturated rings. The fraction of sp³-hybridized carbons (Fsp3) is 0.800. The van der Waals surface area contributed by atoms with Crippen molar-refractivity contribution >= 4 is 11.9 Å². The molecule has 1 amide bonds. The maximum atomic E-state index is 11.6. The Kier molecular flexibility index (Phi) is 2.42. The summed E-state index contributed by atoms with van der Waals surface area (Å²) in [6, 6.07) is -0.681. The number of methoxy groups -OCH3 is 1. The third kappa shape index (κ3) is 1.97. The van der Waals surface area contributed by atoms with Gasteiger partial charge in [-0.25, -0.2) is 0 Å². The smallest absolute Gasteiger partial charge is 0.322 e. The minimum Gasteiger partial charge on any atom is -0.468 e. The maximum absolute atomic E-state index is 11.6. The van der Waals surface area contributed by atoms with Crippen LogP contribution in [0.5, 0.6) is 0 Å². The highest BCUT2D eigenvalue weighted by atomic mass is 16.5. The molecule has 1 heterocycles. The lowest BCUT2D eigenvalue weighted by molar-refractivity contribution is -0.142. The zero-order valence-corrected chi connectivity index (χ0v) is 8.79. The van der Waals surface area contributed by atoms with E-state index in [0.717, 1.165) is 19.3 Å². The second kappa shape index (κ2) is 3.48. The van der Waals surface area contributed by atoms with Gasteiger partial charge in [-0.2, -0.15) is 0 Å². The molecule has 1 aliphatic heterocycles. The number of hydrogen-bond acceptors (Lipinski definition) is 4. The molecule has 2 atom stereocenters. The number of ether oxygens (including phenoxy) is 1. The Hall–Kier alpha value is -1.10. The average Bonchev–Trinajstić information content (AvgIpc) is 2.87. The molecule has 0 aromatic rings. The van der Waals surface area contributed by atoms with Crippen LogP contribution in [0.3, 0.4) is 0 Å². The molecule has 0 aromatic heterocycles. The highest BCUT2D eigenvalue weighted by molar-refractivity contribution is 5.84. The minimum absolute atomic E-state index is 0.0341. The van der Waals surface area contributed by atoms with E-state index in [1.165, 1.54) is 7.11 Å². The van der Waals surface area contributed by atoms with Gasteiger partial charge in [-0.3, -0.25) is 9.59 Å². The van der Waals surface area contributed by atoms with Crippen molar-refractivity contribution in [1.82, 2.24) is 5.32 Å². The molecule has 5 nitrogen and oxygen atoms in total. The number of esters is 1. The maximum Gasteiger partial charge on any atom is 0.322 e. The standard InChI is InChI=1S/C10H16N2O3/c1-15-9(14)7(11)4-6-5-10(2-3-10)12-8(6)13/h6-7H,2-5,11H2,1H3,(H,12,13). The second-order valence-corrected chi connectivity index (χ2v) is 4.54. The molecule has 1 saturated carbocycles. The number of nitrogens with two attached hydrogens (primary N) is 1. The van der Waals surface area contributed by atoms with E-state index >= 15 is 0 Å². The summed E-state index contributed by atoms with van der Waals surface area (Å²) in [7, 11) is 1.30. The Morgan fingerprint density at radius 2 is 2.40 bits per heavy atom. The van der Waals surface area contributed by atoms with Crippen LogP contribution in [0.25, 0.3) is 0 Å². The summed E-state index contributed by atoms with van der Waals surface area (Å²) in [5.74, 6) is -0.534. The van der Waals surface area contributed by atoms with Crippen LogP contribution in [0, 0.1) is 5.92 Å². The molecule has 5 heteroatoms. The lowest BCUT2D eigenvalue weighted by Gasteiger charge is -2.12. The lowest BCUT2D eigenvalue weighted by atomic mass is 9.96. The van der Waals surface area contributed by atoms with Gasteiger partial charge in [-0.05, 0) is 25.7 Å². The molecule has 15 heavy (non-hydrogen) atoms. The van der Waals surface area contributed by atoms with E-state index in [9.17, 15) is 9.59 Å². The highest BCUT2D eigenvalue weighted by Crippen LogP contribution is 2.46. The fourth-order valence-corrected chi connectivity index (χ4v) is 2.20. The topological polar surface area (TPSA) is 81.4 Å². The molecule has 2 rings (SSSR count). The van der Waals surface area contributed by atoms with Crippen LogP contribution in [0.2, 0.25) is 0 Å². The Balaban J connectivity index is 1.89. The van der Waals surface area contributed by atoms with Crippen molar-refractivity contribution < 1.29 is 14.3 Å². The van der Waals surface area contributed by atoms with Gasteiger partial charge in [0.15, 0.2) is 0 Å². The van der Waals surface area contributed by atoms with Crippen molar-refractivity contribution in [2.24, 2.45) is 11.7 Å². The summed E-state index contributed by atoms with van der Waals surface area (Å²) in [4.78, 5) is 22.7. The van der Waals surface area contributed by atoms with E-state index in [2.05, 4.69) is 10.1 Å². The molecule has 1 spiro atoms. The predicted molar refractivity (Wildman–Crippen MR) is 52.8 cm³/mol. The third-order valence-corrected chi connectivity index (χ3v) is 3.29. The van der Waals surface area contributed by atoms with Crippen molar-refractivity contribution in [1.29, 1.82) is 0 Å². The van der Waals surface area contributed by atoms with Crippen molar-refractivity contribution in [3.05, 3.63) is 0 Å². The normalized spacial score (nSPS) is 28.7. The minimum atomic E-state index is -0.681. The van der Waals surface area contributed by atoms with Gasteiger partial charge < -0.3 is 15.8 Å². The van der Waals surface area contributed by atoms with E-state index in [1.807, 2.05) is 0 Å². The van der Waals surface area contributed by atoms with Crippen molar-refractivity contribution in [2.45, 2.75) is 37.3 Å². The Labute approximate surface area is 88.3 Å². The zero-order valence-electron chi connectivity index (χ0n) is 8.79. The van der Waals surface area contributed by atoms with E-state index in [0.29, 0.717) is 6.42 Å². The molecule has 2 aliphatic rings. The van der Waals surface area contributed by atoms with Crippen LogP contribution < -0.4 is 11.1 Å². The first-order valence-electron chi connectivity index (χ1n) is 5.22. The molecular formula is C10H16N2O3. The first-order valence-corrected chi connectivity index (χ1v) is 5.22. The van der Waals surface area contributed by atoms with Gasteiger partial charge in [0.25, 0.3) is 0 Å². The van der Waals surface area contributed by atoms with Crippen LogP contribution in [0.1, 0.15) is 25.7 Å². The van der Waals surface area contributed by atoms with Crippen molar-refractivity contribution in [2.75, 3.05) is 7.11 Å². The third-order valence-electron chi connectivity index (χ3n) is 3.29. The van der Waals surface area contributed by atoms with Crippen LogP contribution >= 0.6 is 0 Å². The van der Waals surface area contributed by atoms with Gasteiger partial charge in [-0.1, -0.05) is 0 Å². The predicted octanol–water partition coefficient (Wildman–Crippen LogP) is -0.454. The molecule has 2 unspecified atom stereocenters. The molecule has 84 valence electrons. The Bertz CT molecular complexity index is 299. The van der Waals surface area contributed by atoms with Crippen LogP contribution in [-0.4, -0.2) is 30.6 Å². The molecule has 1 saturated heterocycles. The summed E-state index contributed by atoms with van der Waals surface area (Å²) < 4.78 is 4.53. The van der Waals surface area contributed by atoms with Crippen LogP contribution in [0.4, 0.5) is 0 Å². The number of carbonyl (C=O) groups is 2. The number of hydrogen-bond donors (Lipinski definition) is 2. The number of rotatable bonds is 3. The van der Waals surface area contributed by atoms with Crippen molar-refractivity contribution in [3.8, 4) is 0 Å². The monoisotopic (exact) mass is 212 g/mol. The summed E-state index contributed by atoms with van der Waals surface area (Å²) >= 11 is 0. The fourth-order valence-electron chi connectivity index (χ4n) is 2.20. The average molecular weight is 212 g/mol. The molecular weight excluding hydrogens is 196 g/mol. The van der Waals surface area contributed by atoms with E-state index in [-0.39, 0.29) is 17.4 Å². The molecule has 0 bridgehead atoms. The number of carbonyl (C=O) groups excluding carboxylic acids is 2. The van der Waals surface area contributed by atoms with Crippen LogP contribution in [-0.2, 0) is 14.3 Å². The summed E-state index contributed by atoms with van der Waals surface area (Å²) in [6.07, 6.45) is 3.32. The van der Waals surface area contributed by atoms with E-state index < -0.39 is 12.0 Å². The first-order chi connectivity index (χ1) is 7.06. The molecule has 0 aromatic carbocycles. The van der Waals surface area contributed by atoms with E-state index in [4.69, 9.17) is 5.73 Å². The van der Waals surface area contributed by atoms with Gasteiger partial charge in [0.1, 0.15) is 6.04 Å². The number of nitrogens with one attached hydrogen (secondary N) is 1. The molecule has 0 radical (unpaired) electrons. The quantitative estimate of drug-likeness (QED) is 0.620. The van der Waals surface area contributed by atoms with Crippen molar-refractivity contribution in [3.63, 3.8) is 0 Å². The Morgan fingerprint density at radius 1 is 1.73 bits per heavy atom. The van der Waals surface area contributed by atoms with Gasteiger partial charge in [-0.15, -0.1) is 0 Å². The van der Waals surface area contributed by atoms with Gasteiger partial charge >= 0.3 is 5.97 Å². The van der Waals surface area contributed by atoms with Gasteiger partial charge in [0, 0.05) is 11.5 Å². The molecule has 3 N–H and O–H groups in total. The summed E-state index contributed by atoms with van der Waals surface area (Å²) in [6.45, 7) is 0. The highest BCUT2D eigenvalue weighted by Gasteiger charge is 2.52. The van der Waals surface area contributed by atoms with E-state index in [1.54, 1.807) is 0 Å². The second-order valence-electron chi connectivity index (χ2n) is 4.54. The Morgan fingerprint density at radius 3 is 2.87 bits per heavy atom. The molecule has 1 aliphatic carbocycles. The zero-order chi connectivity index (χ0) is 11.1. The first kappa shape index (κ1) is 10.4. The summed E-state index contributed by atoms with van der Waals surface area (Å²) in [5.41, 5.74) is 5.68. The largest absolute Gasteiger partial charge is 0.468 e. The number of amides is 1.